The van der Waals surface area contributed by atoms with Gasteiger partial charge in [-0.3, -0.25) is 0 Å². The minimum atomic E-state index is 0.518. The van der Waals surface area contributed by atoms with Crippen LogP contribution < -0.4 is 0 Å². The fraction of sp³-hybridized carbons (Fsp3) is 1.00. The number of hydrogen-bond donors (Lipinski definition) is 0. The summed E-state index contributed by atoms with van der Waals surface area (Å²) in [6, 6.07) is 0. The van der Waals surface area contributed by atoms with Crippen molar-refractivity contribution in [1.29, 1.82) is 0 Å². The van der Waals surface area contributed by atoms with Gasteiger partial charge in [0.25, 0.3) is 0 Å². The molecular weight excluding hydrogens is 168 g/mol. The van der Waals surface area contributed by atoms with E-state index in [1.54, 1.807) is 0 Å². The van der Waals surface area contributed by atoms with E-state index < -0.39 is 0 Å². The third-order valence-electron chi connectivity index (χ3n) is 3.24. The van der Waals surface area contributed by atoms with Gasteiger partial charge in [-0.15, -0.1) is 0 Å². The lowest BCUT2D eigenvalue weighted by Crippen LogP contribution is -2.08. The molecule has 0 aliphatic rings. The Morgan fingerprint density at radius 3 is 1.79 bits per heavy atom. The van der Waals surface area contributed by atoms with Crippen molar-refractivity contribution in [3.63, 3.8) is 0 Å². The Morgan fingerprint density at radius 1 is 0.857 bits per heavy atom. The second-order valence-corrected chi connectivity index (χ2v) is 6.30. The normalized spacial score (nSPS) is 16.7. The Hall–Kier alpha value is 0. The molecule has 14 heavy (non-hydrogen) atoms. The van der Waals surface area contributed by atoms with Gasteiger partial charge < -0.3 is 0 Å². The molecule has 0 bridgehead atoms. The minimum Gasteiger partial charge on any atom is -0.0651 e. The van der Waals surface area contributed by atoms with Crippen LogP contribution in [0.4, 0.5) is 0 Å². The molecule has 0 fully saturated rings. The largest absolute Gasteiger partial charge is 0.0651 e. The molecule has 2 unspecified atom stereocenters. The monoisotopic (exact) mass is 198 g/mol. The molecule has 0 spiro atoms. The standard InChI is InChI=1S/C14H30/c1-7-12(2)8-9-13(3)10-11-14(4,5)6/h12-13H,7-11H2,1-6H3. The maximum atomic E-state index is 2.41. The van der Waals surface area contributed by atoms with Gasteiger partial charge in [0.05, 0.1) is 0 Å². The van der Waals surface area contributed by atoms with Crippen LogP contribution in [0.5, 0.6) is 0 Å². The zero-order valence-electron chi connectivity index (χ0n) is 11.2. The van der Waals surface area contributed by atoms with Gasteiger partial charge in [0.1, 0.15) is 0 Å². The highest BCUT2D eigenvalue weighted by atomic mass is 14.2. The summed E-state index contributed by atoms with van der Waals surface area (Å²) in [7, 11) is 0. The molecule has 0 nitrogen and oxygen atoms in total. The molecule has 0 aromatic rings. The van der Waals surface area contributed by atoms with E-state index in [2.05, 4.69) is 41.5 Å². The van der Waals surface area contributed by atoms with E-state index in [9.17, 15) is 0 Å². The summed E-state index contributed by atoms with van der Waals surface area (Å²) in [4.78, 5) is 0. The average Bonchev–Trinajstić information content (AvgIpc) is 2.09. The van der Waals surface area contributed by atoms with Gasteiger partial charge in [0, 0.05) is 0 Å². The van der Waals surface area contributed by atoms with Gasteiger partial charge >= 0.3 is 0 Å². The highest BCUT2D eigenvalue weighted by Gasteiger charge is 2.12. The fourth-order valence-electron chi connectivity index (χ4n) is 1.60. The summed E-state index contributed by atoms with van der Waals surface area (Å²) in [5, 5.41) is 0. The van der Waals surface area contributed by atoms with Crippen LogP contribution in [0.15, 0.2) is 0 Å². The molecule has 0 radical (unpaired) electrons. The Morgan fingerprint density at radius 2 is 1.36 bits per heavy atom. The van der Waals surface area contributed by atoms with Gasteiger partial charge in [-0.1, -0.05) is 67.2 Å². The Bertz CT molecular complexity index is 129. The highest BCUT2D eigenvalue weighted by molar-refractivity contribution is 4.65. The summed E-state index contributed by atoms with van der Waals surface area (Å²) in [6.45, 7) is 14.1. The molecule has 0 saturated heterocycles. The molecule has 0 aromatic heterocycles. The topological polar surface area (TPSA) is 0 Å². The van der Waals surface area contributed by atoms with E-state index in [0.717, 1.165) is 11.8 Å². The van der Waals surface area contributed by atoms with Crippen LogP contribution in [0.3, 0.4) is 0 Å². The fourth-order valence-corrected chi connectivity index (χ4v) is 1.60. The summed E-state index contributed by atoms with van der Waals surface area (Å²) in [6.07, 6.45) is 6.95. The first-order chi connectivity index (χ1) is 6.35. The summed E-state index contributed by atoms with van der Waals surface area (Å²) in [5.41, 5.74) is 0.518. The van der Waals surface area contributed by atoms with Crippen LogP contribution in [0, 0.1) is 17.3 Å². The van der Waals surface area contributed by atoms with Crippen molar-refractivity contribution in [1.82, 2.24) is 0 Å². The third-order valence-corrected chi connectivity index (χ3v) is 3.24. The predicted molar refractivity (Wildman–Crippen MR) is 66.5 cm³/mol. The van der Waals surface area contributed by atoms with Crippen molar-refractivity contribution in [3.05, 3.63) is 0 Å². The van der Waals surface area contributed by atoms with Crippen LogP contribution in [-0.4, -0.2) is 0 Å². The number of rotatable bonds is 6. The quantitative estimate of drug-likeness (QED) is 0.545. The van der Waals surface area contributed by atoms with Crippen molar-refractivity contribution >= 4 is 0 Å². The molecule has 0 aromatic carbocycles. The lowest BCUT2D eigenvalue weighted by molar-refractivity contribution is 0.311. The minimum absolute atomic E-state index is 0.518. The lowest BCUT2D eigenvalue weighted by atomic mass is 9.85. The van der Waals surface area contributed by atoms with Gasteiger partial charge in [-0.2, -0.15) is 0 Å². The first-order valence-corrected chi connectivity index (χ1v) is 6.35. The highest BCUT2D eigenvalue weighted by Crippen LogP contribution is 2.26. The molecule has 0 rings (SSSR count). The van der Waals surface area contributed by atoms with Gasteiger partial charge in [-0.05, 0) is 23.7 Å². The van der Waals surface area contributed by atoms with Crippen molar-refractivity contribution in [3.8, 4) is 0 Å². The van der Waals surface area contributed by atoms with Crippen molar-refractivity contribution in [2.45, 2.75) is 73.6 Å². The van der Waals surface area contributed by atoms with E-state index in [0.29, 0.717) is 5.41 Å². The summed E-state index contributed by atoms with van der Waals surface area (Å²) >= 11 is 0. The van der Waals surface area contributed by atoms with Crippen molar-refractivity contribution in [2.24, 2.45) is 17.3 Å². The van der Waals surface area contributed by atoms with Gasteiger partial charge in [0.2, 0.25) is 0 Å². The van der Waals surface area contributed by atoms with Crippen LogP contribution in [-0.2, 0) is 0 Å². The molecule has 0 aliphatic heterocycles. The Balaban J connectivity index is 3.51. The molecule has 86 valence electrons. The van der Waals surface area contributed by atoms with Crippen LogP contribution in [0.25, 0.3) is 0 Å². The van der Waals surface area contributed by atoms with Crippen LogP contribution in [0.2, 0.25) is 0 Å². The second-order valence-electron chi connectivity index (χ2n) is 6.30. The van der Waals surface area contributed by atoms with Crippen LogP contribution >= 0.6 is 0 Å². The summed E-state index contributed by atoms with van der Waals surface area (Å²) in [5.74, 6) is 1.84. The van der Waals surface area contributed by atoms with Gasteiger partial charge in [-0.25, -0.2) is 0 Å². The summed E-state index contributed by atoms with van der Waals surface area (Å²) < 4.78 is 0. The molecule has 0 heteroatoms. The average molecular weight is 198 g/mol. The van der Waals surface area contributed by atoms with Gasteiger partial charge in [0.15, 0.2) is 0 Å². The molecule has 0 saturated carbocycles. The van der Waals surface area contributed by atoms with E-state index in [1.165, 1.54) is 32.1 Å². The van der Waals surface area contributed by atoms with Crippen molar-refractivity contribution < 1.29 is 0 Å². The third kappa shape index (κ3) is 8.59. The molecular formula is C14H30. The molecule has 0 N–H and O–H groups in total. The van der Waals surface area contributed by atoms with Crippen LogP contribution in [0.1, 0.15) is 73.6 Å². The van der Waals surface area contributed by atoms with E-state index in [4.69, 9.17) is 0 Å². The second kappa shape index (κ2) is 6.48. The predicted octanol–water partition coefficient (Wildman–Crippen LogP) is 5.28. The molecule has 0 amide bonds. The maximum absolute atomic E-state index is 2.41. The first kappa shape index (κ1) is 14.0. The lowest BCUT2D eigenvalue weighted by Gasteiger charge is -2.21. The Labute approximate surface area is 91.5 Å². The maximum Gasteiger partial charge on any atom is -0.0383 e. The van der Waals surface area contributed by atoms with E-state index >= 15 is 0 Å². The van der Waals surface area contributed by atoms with Crippen molar-refractivity contribution in [2.75, 3.05) is 0 Å². The number of hydrogen-bond acceptors (Lipinski definition) is 0. The zero-order valence-corrected chi connectivity index (χ0v) is 11.2. The van der Waals surface area contributed by atoms with E-state index in [-0.39, 0.29) is 0 Å². The molecule has 0 heterocycles. The smallest absolute Gasteiger partial charge is 0.0383 e. The molecule has 0 aliphatic carbocycles. The first-order valence-electron chi connectivity index (χ1n) is 6.35. The van der Waals surface area contributed by atoms with E-state index in [1.807, 2.05) is 0 Å². The molecule has 2 atom stereocenters. The SMILES string of the molecule is CCC(C)CCC(C)CCC(C)(C)C. The Kier molecular flexibility index (Phi) is 6.48. The zero-order chi connectivity index (χ0) is 11.2.